The van der Waals surface area contributed by atoms with Gasteiger partial charge in [-0.05, 0) is 50.1 Å². The number of pyridine rings is 1. The summed E-state index contributed by atoms with van der Waals surface area (Å²) in [6, 6.07) is 10.7. The van der Waals surface area contributed by atoms with Crippen LogP contribution in [0.15, 0.2) is 46.3 Å². The number of carbonyl (C=O) groups excluding carboxylic acids is 1. The summed E-state index contributed by atoms with van der Waals surface area (Å²) in [5.41, 5.74) is 2.44. The van der Waals surface area contributed by atoms with Gasteiger partial charge in [-0.25, -0.2) is 18.4 Å². The largest absolute Gasteiger partial charge is 0.357 e. The summed E-state index contributed by atoms with van der Waals surface area (Å²) >= 11 is 0. The number of aryl methyl sites for hydroxylation is 2. The number of hydrogen-bond acceptors (Lipinski definition) is 5. The number of carbonyl (C=O) groups is 1. The van der Waals surface area contributed by atoms with Crippen LogP contribution in [0.2, 0.25) is 0 Å². The molecule has 0 saturated carbocycles. The molecule has 8 nitrogen and oxygen atoms in total. The van der Waals surface area contributed by atoms with Gasteiger partial charge in [-0.3, -0.25) is 4.79 Å². The first-order chi connectivity index (χ1) is 14.2. The summed E-state index contributed by atoms with van der Waals surface area (Å²) in [6.07, 6.45) is 1.47. The van der Waals surface area contributed by atoms with E-state index in [2.05, 4.69) is 25.9 Å². The lowest BCUT2D eigenvalue weighted by atomic mass is 10.1. The second-order valence-electron chi connectivity index (χ2n) is 6.96. The molecular weight excluding hydrogens is 402 g/mol. The van der Waals surface area contributed by atoms with Crippen molar-refractivity contribution in [3.05, 3.63) is 53.2 Å². The fourth-order valence-corrected chi connectivity index (χ4v) is 3.81. The molecule has 1 aromatic heterocycles. The predicted octanol–water partition coefficient (Wildman–Crippen LogP) is 2.19. The highest BCUT2D eigenvalue weighted by atomic mass is 32.2. The molecule has 0 unspecified atom stereocenters. The number of benzene rings is 1. The molecule has 0 bridgehead atoms. The highest BCUT2D eigenvalue weighted by molar-refractivity contribution is 7.90. The Hall–Kier alpha value is -2.94. The second kappa shape index (κ2) is 10.7. The van der Waals surface area contributed by atoms with Crippen LogP contribution in [0.1, 0.15) is 30.2 Å². The number of aliphatic imine (C=N–C) groups is 1. The normalized spacial score (nSPS) is 11.8. The Labute approximate surface area is 178 Å². The first kappa shape index (κ1) is 23.3. The zero-order valence-electron chi connectivity index (χ0n) is 17.8. The standard InChI is InChI=1S/C21H29N5O3S/c1-5-22-21(23-12-11-20(27)26-19-8-6-7-16(3)25-19)24-14-17-9-10-18(15(2)13-17)30(4,28)29/h6-10,13H,5,11-12,14H2,1-4H3,(H2,22,23,24)(H,25,26,27). The van der Waals surface area contributed by atoms with Crippen LogP contribution in [0.3, 0.4) is 0 Å². The van der Waals surface area contributed by atoms with Gasteiger partial charge in [0.1, 0.15) is 5.82 Å². The molecule has 162 valence electrons. The molecule has 1 aromatic carbocycles. The van der Waals surface area contributed by atoms with Crippen molar-refractivity contribution in [2.24, 2.45) is 4.99 Å². The van der Waals surface area contributed by atoms with E-state index in [1.54, 1.807) is 25.1 Å². The predicted molar refractivity (Wildman–Crippen MR) is 119 cm³/mol. The van der Waals surface area contributed by atoms with E-state index in [1.165, 1.54) is 6.26 Å². The molecule has 1 heterocycles. The summed E-state index contributed by atoms with van der Waals surface area (Å²) in [4.78, 5) is 21.2. The Morgan fingerprint density at radius 2 is 1.90 bits per heavy atom. The van der Waals surface area contributed by atoms with Crippen LogP contribution < -0.4 is 16.0 Å². The molecule has 3 N–H and O–H groups in total. The van der Waals surface area contributed by atoms with Crippen molar-refractivity contribution in [3.8, 4) is 0 Å². The van der Waals surface area contributed by atoms with Crippen LogP contribution in [0.25, 0.3) is 0 Å². The fourth-order valence-electron chi connectivity index (χ4n) is 2.85. The van der Waals surface area contributed by atoms with Crippen LogP contribution in [0, 0.1) is 13.8 Å². The van der Waals surface area contributed by atoms with Crippen LogP contribution in [0.5, 0.6) is 0 Å². The monoisotopic (exact) mass is 431 g/mol. The van der Waals surface area contributed by atoms with E-state index in [9.17, 15) is 13.2 Å². The van der Waals surface area contributed by atoms with E-state index in [1.807, 2.05) is 32.0 Å². The number of aromatic nitrogens is 1. The Balaban J connectivity index is 1.91. The Kier molecular flexibility index (Phi) is 8.35. The molecule has 2 aromatic rings. The van der Waals surface area contributed by atoms with Gasteiger partial charge in [-0.1, -0.05) is 18.2 Å². The van der Waals surface area contributed by atoms with E-state index in [4.69, 9.17) is 0 Å². The molecule has 30 heavy (non-hydrogen) atoms. The third-order valence-electron chi connectivity index (χ3n) is 4.20. The van der Waals surface area contributed by atoms with E-state index >= 15 is 0 Å². The highest BCUT2D eigenvalue weighted by Gasteiger charge is 2.11. The molecule has 0 radical (unpaired) electrons. The average Bonchev–Trinajstić information content (AvgIpc) is 2.65. The van der Waals surface area contributed by atoms with Gasteiger partial charge in [0.05, 0.1) is 11.4 Å². The van der Waals surface area contributed by atoms with Crippen molar-refractivity contribution in [1.82, 2.24) is 15.6 Å². The number of sulfone groups is 1. The van der Waals surface area contributed by atoms with Crippen LogP contribution >= 0.6 is 0 Å². The number of rotatable bonds is 8. The van der Waals surface area contributed by atoms with Crippen molar-refractivity contribution in [3.63, 3.8) is 0 Å². The minimum absolute atomic E-state index is 0.136. The lowest BCUT2D eigenvalue weighted by molar-refractivity contribution is -0.116. The van der Waals surface area contributed by atoms with Crippen LogP contribution in [0.4, 0.5) is 5.82 Å². The van der Waals surface area contributed by atoms with Gasteiger partial charge in [0.15, 0.2) is 15.8 Å². The maximum absolute atomic E-state index is 12.1. The molecule has 0 saturated heterocycles. The van der Waals surface area contributed by atoms with Crippen LogP contribution in [-0.4, -0.2) is 44.6 Å². The quantitative estimate of drug-likeness (QED) is 0.436. The molecule has 0 atom stereocenters. The molecule has 0 spiro atoms. The summed E-state index contributed by atoms with van der Waals surface area (Å²) < 4.78 is 23.5. The third kappa shape index (κ3) is 7.47. The van der Waals surface area contributed by atoms with E-state index in [-0.39, 0.29) is 12.3 Å². The summed E-state index contributed by atoms with van der Waals surface area (Å²) in [5.74, 6) is 0.987. The molecular formula is C21H29N5O3S. The van der Waals surface area contributed by atoms with Crippen molar-refractivity contribution in [2.75, 3.05) is 24.7 Å². The summed E-state index contributed by atoms with van der Waals surface area (Å²) in [6.45, 7) is 7.08. The number of anilines is 1. The first-order valence-electron chi connectivity index (χ1n) is 9.74. The number of guanidine groups is 1. The van der Waals surface area contributed by atoms with Crippen molar-refractivity contribution in [2.45, 2.75) is 38.6 Å². The van der Waals surface area contributed by atoms with Crippen molar-refractivity contribution in [1.29, 1.82) is 0 Å². The number of nitrogens with zero attached hydrogens (tertiary/aromatic N) is 2. The SMILES string of the molecule is CCNC(=NCc1ccc(S(C)(=O)=O)c(C)c1)NCCC(=O)Nc1cccc(C)n1. The topological polar surface area (TPSA) is 113 Å². The van der Waals surface area contributed by atoms with Crippen molar-refractivity contribution >= 4 is 27.5 Å². The smallest absolute Gasteiger partial charge is 0.227 e. The van der Waals surface area contributed by atoms with E-state index < -0.39 is 9.84 Å². The zero-order chi connectivity index (χ0) is 22.1. The lowest BCUT2D eigenvalue weighted by Gasteiger charge is -2.12. The van der Waals surface area contributed by atoms with Crippen molar-refractivity contribution < 1.29 is 13.2 Å². The summed E-state index contributed by atoms with van der Waals surface area (Å²) in [7, 11) is -3.24. The number of amides is 1. The maximum atomic E-state index is 12.1. The lowest BCUT2D eigenvalue weighted by Crippen LogP contribution is -2.38. The van der Waals surface area contributed by atoms with E-state index in [0.717, 1.165) is 11.3 Å². The first-order valence-corrected chi connectivity index (χ1v) is 11.6. The van der Waals surface area contributed by atoms with Gasteiger partial charge in [0.2, 0.25) is 5.91 Å². The number of hydrogen-bond donors (Lipinski definition) is 3. The van der Waals surface area contributed by atoms with E-state index in [0.29, 0.717) is 41.9 Å². The fraction of sp³-hybridized carbons (Fsp3) is 0.381. The molecule has 0 fully saturated rings. The minimum atomic E-state index is -3.24. The third-order valence-corrected chi connectivity index (χ3v) is 5.46. The van der Waals surface area contributed by atoms with Gasteiger partial charge in [0, 0.05) is 31.5 Å². The minimum Gasteiger partial charge on any atom is -0.357 e. The Bertz CT molecular complexity index is 1020. The molecule has 1 amide bonds. The van der Waals surface area contributed by atoms with Gasteiger partial charge < -0.3 is 16.0 Å². The number of nitrogens with one attached hydrogen (secondary N) is 3. The van der Waals surface area contributed by atoms with Gasteiger partial charge in [0.25, 0.3) is 0 Å². The van der Waals surface area contributed by atoms with Gasteiger partial charge in [-0.2, -0.15) is 0 Å². The van der Waals surface area contributed by atoms with Gasteiger partial charge in [-0.15, -0.1) is 0 Å². The Morgan fingerprint density at radius 3 is 2.53 bits per heavy atom. The summed E-state index contributed by atoms with van der Waals surface area (Å²) in [5, 5.41) is 9.03. The molecule has 0 aliphatic rings. The molecule has 9 heteroatoms. The van der Waals surface area contributed by atoms with Gasteiger partial charge >= 0.3 is 0 Å². The Morgan fingerprint density at radius 1 is 1.13 bits per heavy atom. The average molecular weight is 432 g/mol. The molecule has 0 aliphatic carbocycles. The zero-order valence-corrected chi connectivity index (χ0v) is 18.6. The molecule has 2 rings (SSSR count). The second-order valence-corrected chi connectivity index (χ2v) is 8.94. The highest BCUT2D eigenvalue weighted by Crippen LogP contribution is 2.17. The maximum Gasteiger partial charge on any atom is 0.227 e. The van der Waals surface area contributed by atoms with Crippen LogP contribution in [-0.2, 0) is 21.2 Å². The molecule has 0 aliphatic heterocycles.